The van der Waals surface area contributed by atoms with E-state index in [1.807, 2.05) is 30.3 Å². The Bertz CT molecular complexity index is 975. The van der Waals surface area contributed by atoms with Gasteiger partial charge in [-0.05, 0) is 29.8 Å². The molecule has 0 bridgehead atoms. The Labute approximate surface area is 163 Å². The van der Waals surface area contributed by atoms with Gasteiger partial charge in [0.15, 0.2) is 23.0 Å². The van der Waals surface area contributed by atoms with Crippen molar-refractivity contribution in [1.29, 1.82) is 0 Å². The molecule has 3 aromatic rings. The SMILES string of the molecule is COc1ccc(-c2cncnc2-c2ccc(OC)c(OC)c2OC)cc1OC. The molecule has 0 saturated heterocycles. The molecule has 0 N–H and O–H groups in total. The van der Waals surface area contributed by atoms with Gasteiger partial charge in [-0.25, -0.2) is 9.97 Å². The fraction of sp³-hybridized carbons (Fsp3) is 0.238. The molecule has 0 radical (unpaired) electrons. The van der Waals surface area contributed by atoms with Crippen molar-refractivity contribution in [2.45, 2.75) is 0 Å². The van der Waals surface area contributed by atoms with E-state index in [1.165, 1.54) is 6.33 Å². The summed E-state index contributed by atoms with van der Waals surface area (Å²) in [6.45, 7) is 0. The highest BCUT2D eigenvalue weighted by atomic mass is 16.5. The molecular weight excluding hydrogens is 360 g/mol. The number of methoxy groups -OCH3 is 5. The average Bonchev–Trinajstić information content (AvgIpc) is 2.77. The highest BCUT2D eigenvalue weighted by molar-refractivity contribution is 5.85. The van der Waals surface area contributed by atoms with Crippen molar-refractivity contribution >= 4 is 0 Å². The zero-order valence-corrected chi connectivity index (χ0v) is 16.5. The fourth-order valence-electron chi connectivity index (χ4n) is 3.05. The molecule has 7 heteroatoms. The summed E-state index contributed by atoms with van der Waals surface area (Å²) in [5.41, 5.74) is 3.14. The predicted molar refractivity (Wildman–Crippen MR) is 106 cm³/mol. The lowest BCUT2D eigenvalue weighted by Gasteiger charge is -2.17. The lowest BCUT2D eigenvalue weighted by Crippen LogP contribution is -1.99. The number of ether oxygens (including phenoxy) is 5. The summed E-state index contributed by atoms with van der Waals surface area (Å²) in [5.74, 6) is 2.87. The Balaban J connectivity index is 2.22. The molecular formula is C21H22N2O5. The maximum atomic E-state index is 5.63. The van der Waals surface area contributed by atoms with Crippen molar-refractivity contribution in [3.8, 4) is 51.1 Å². The van der Waals surface area contributed by atoms with E-state index < -0.39 is 0 Å². The molecule has 28 heavy (non-hydrogen) atoms. The van der Waals surface area contributed by atoms with Crippen LogP contribution in [0.2, 0.25) is 0 Å². The summed E-state index contributed by atoms with van der Waals surface area (Å²) >= 11 is 0. The van der Waals surface area contributed by atoms with E-state index in [0.29, 0.717) is 34.4 Å². The quantitative estimate of drug-likeness (QED) is 0.614. The molecule has 146 valence electrons. The monoisotopic (exact) mass is 382 g/mol. The lowest BCUT2D eigenvalue weighted by molar-refractivity contribution is 0.325. The molecule has 0 atom stereocenters. The summed E-state index contributed by atoms with van der Waals surface area (Å²) < 4.78 is 27.3. The van der Waals surface area contributed by atoms with Gasteiger partial charge in [0.2, 0.25) is 5.75 Å². The van der Waals surface area contributed by atoms with Gasteiger partial charge in [0, 0.05) is 17.3 Å². The largest absolute Gasteiger partial charge is 0.493 e. The third-order valence-corrected chi connectivity index (χ3v) is 4.37. The van der Waals surface area contributed by atoms with Gasteiger partial charge < -0.3 is 23.7 Å². The molecule has 0 aliphatic heterocycles. The second kappa shape index (κ2) is 8.47. The summed E-state index contributed by atoms with van der Waals surface area (Å²) in [4.78, 5) is 8.70. The van der Waals surface area contributed by atoms with Crippen molar-refractivity contribution in [3.63, 3.8) is 0 Å². The number of aromatic nitrogens is 2. The molecule has 0 aliphatic carbocycles. The first kappa shape index (κ1) is 19.3. The Morgan fingerprint density at radius 1 is 0.643 bits per heavy atom. The highest BCUT2D eigenvalue weighted by Crippen LogP contribution is 2.46. The Morgan fingerprint density at radius 3 is 1.96 bits per heavy atom. The van der Waals surface area contributed by atoms with Gasteiger partial charge in [0.25, 0.3) is 0 Å². The van der Waals surface area contributed by atoms with Crippen LogP contribution in [0.15, 0.2) is 42.9 Å². The van der Waals surface area contributed by atoms with Crippen LogP contribution in [-0.4, -0.2) is 45.5 Å². The standard InChI is InChI=1S/C21H22N2O5/c1-24-16-8-6-13(10-18(16)26-3)15-11-22-12-23-19(15)14-7-9-17(25-2)21(28-5)20(14)27-4/h6-12H,1-5H3. The molecule has 2 aromatic carbocycles. The molecule has 0 aliphatic rings. The first-order chi connectivity index (χ1) is 13.7. The number of rotatable bonds is 7. The minimum atomic E-state index is 0.499. The van der Waals surface area contributed by atoms with E-state index in [1.54, 1.807) is 41.7 Å². The number of hydrogen-bond acceptors (Lipinski definition) is 7. The molecule has 7 nitrogen and oxygen atoms in total. The minimum Gasteiger partial charge on any atom is -0.493 e. The summed E-state index contributed by atoms with van der Waals surface area (Å²) in [5, 5.41) is 0. The van der Waals surface area contributed by atoms with E-state index in [9.17, 15) is 0 Å². The molecule has 0 fully saturated rings. The predicted octanol–water partition coefficient (Wildman–Crippen LogP) is 3.85. The number of nitrogens with zero attached hydrogens (tertiary/aromatic N) is 2. The molecule has 0 spiro atoms. The molecule has 0 unspecified atom stereocenters. The molecule has 3 rings (SSSR count). The number of benzene rings is 2. The van der Waals surface area contributed by atoms with Crippen LogP contribution in [0.1, 0.15) is 0 Å². The van der Waals surface area contributed by atoms with Crippen molar-refractivity contribution < 1.29 is 23.7 Å². The zero-order chi connectivity index (χ0) is 20.1. The normalized spacial score (nSPS) is 10.3. The minimum absolute atomic E-state index is 0.499. The van der Waals surface area contributed by atoms with E-state index in [-0.39, 0.29) is 0 Å². The van der Waals surface area contributed by atoms with Crippen LogP contribution in [-0.2, 0) is 0 Å². The highest BCUT2D eigenvalue weighted by Gasteiger charge is 2.21. The van der Waals surface area contributed by atoms with Crippen LogP contribution < -0.4 is 23.7 Å². The van der Waals surface area contributed by atoms with E-state index >= 15 is 0 Å². The summed E-state index contributed by atoms with van der Waals surface area (Å²) in [6, 6.07) is 9.35. The van der Waals surface area contributed by atoms with Crippen molar-refractivity contribution in [2.75, 3.05) is 35.5 Å². The summed E-state index contributed by atoms with van der Waals surface area (Å²) in [7, 11) is 7.93. The maximum Gasteiger partial charge on any atom is 0.203 e. The van der Waals surface area contributed by atoms with Crippen LogP contribution in [0.4, 0.5) is 0 Å². The second-order valence-electron chi connectivity index (χ2n) is 5.74. The van der Waals surface area contributed by atoms with Gasteiger partial charge in [-0.1, -0.05) is 6.07 Å². The van der Waals surface area contributed by atoms with Gasteiger partial charge in [0.1, 0.15) is 6.33 Å². The second-order valence-corrected chi connectivity index (χ2v) is 5.74. The van der Waals surface area contributed by atoms with E-state index in [2.05, 4.69) is 9.97 Å². The molecule has 0 saturated carbocycles. The third kappa shape index (κ3) is 3.38. The smallest absolute Gasteiger partial charge is 0.203 e. The van der Waals surface area contributed by atoms with Crippen LogP contribution >= 0.6 is 0 Å². The van der Waals surface area contributed by atoms with E-state index in [0.717, 1.165) is 16.7 Å². The van der Waals surface area contributed by atoms with Crippen molar-refractivity contribution in [3.05, 3.63) is 42.9 Å². The average molecular weight is 382 g/mol. The zero-order valence-electron chi connectivity index (χ0n) is 16.5. The first-order valence-corrected chi connectivity index (χ1v) is 8.50. The lowest BCUT2D eigenvalue weighted by atomic mass is 9.99. The maximum absolute atomic E-state index is 5.63. The summed E-state index contributed by atoms with van der Waals surface area (Å²) in [6.07, 6.45) is 3.25. The van der Waals surface area contributed by atoms with Gasteiger partial charge in [0.05, 0.1) is 41.2 Å². The van der Waals surface area contributed by atoms with E-state index in [4.69, 9.17) is 23.7 Å². The van der Waals surface area contributed by atoms with Gasteiger partial charge in [-0.3, -0.25) is 0 Å². The van der Waals surface area contributed by atoms with Gasteiger partial charge in [-0.15, -0.1) is 0 Å². The molecule has 1 heterocycles. The third-order valence-electron chi connectivity index (χ3n) is 4.37. The molecule has 0 amide bonds. The van der Waals surface area contributed by atoms with Gasteiger partial charge in [-0.2, -0.15) is 0 Å². The Kier molecular flexibility index (Phi) is 5.84. The van der Waals surface area contributed by atoms with Crippen LogP contribution in [0.3, 0.4) is 0 Å². The fourth-order valence-corrected chi connectivity index (χ4v) is 3.05. The van der Waals surface area contributed by atoms with Crippen molar-refractivity contribution in [1.82, 2.24) is 9.97 Å². The Morgan fingerprint density at radius 2 is 1.32 bits per heavy atom. The van der Waals surface area contributed by atoms with Crippen LogP contribution in [0.25, 0.3) is 22.4 Å². The van der Waals surface area contributed by atoms with Crippen LogP contribution in [0.5, 0.6) is 28.7 Å². The molecule has 1 aromatic heterocycles. The Hall–Kier alpha value is -3.48. The van der Waals surface area contributed by atoms with Crippen molar-refractivity contribution in [2.24, 2.45) is 0 Å². The van der Waals surface area contributed by atoms with Gasteiger partial charge >= 0.3 is 0 Å². The first-order valence-electron chi connectivity index (χ1n) is 8.50. The number of hydrogen-bond donors (Lipinski definition) is 0. The topological polar surface area (TPSA) is 71.9 Å². The van der Waals surface area contributed by atoms with Crippen LogP contribution in [0, 0.1) is 0 Å².